The SMILES string of the molecule is N#Cc1nc2ccccc2n1-c1ccc([N+](=O)[O-])cc1[N+](=O)[O-]. The minimum Gasteiger partial charge on any atom is -0.277 e. The van der Waals surface area contributed by atoms with Crippen molar-refractivity contribution in [3.63, 3.8) is 0 Å². The molecule has 0 radical (unpaired) electrons. The van der Waals surface area contributed by atoms with Gasteiger partial charge in [0, 0.05) is 6.07 Å². The smallest absolute Gasteiger partial charge is 0.277 e. The van der Waals surface area contributed by atoms with Crippen LogP contribution in [0.4, 0.5) is 11.4 Å². The fraction of sp³-hybridized carbons (Fsp3) is 0. The van der Waals surface area contributed by atoms with E-state index in [4.69, 9.17) is 0 Å². The van der Waals surface area contributed by atoms with Crippen LogP contribution >= 0.6 is 0 Å². The van der Waals surface area contributed by atoms with Gasteiger partial charge in [0.05, 0.1) is 26.9 Å². The van der Waals surface area contributed by atoms with Gasteiger partial charge in [0.15, 0.2) is 0 Å². The number of hydrogen-bond acceptors (Lipinski definition) is 6. The molecule has 1 heterocycles. The number of hydrogen-bond donors (Lipinski definition) is 0. The quantitative estimate of drug-likeness (QED) is 0.540. The zero-order chi connectivity index (χ0) is 16.6. The summed E-state index contributed by atoms with van der Waals surface area (Å²) in [7, 11) is 0. The lowest BCUT2D eigenvalue weighted by Gasteiger charge is -2.06. The second-order valence-corrected chi connectivity index (χ2v) is 4.56. The fourth-order valence-electron chi connectivity index (χ4n) is 2.31. The molecule has 0 aliphatic heterocycles. The van der Waals surface area contributed by atoms with Crippen molar-refractivity contribution in [2.45, 2.75) is 0 Å². The van der Waals surface area contributed by atoms with E-state index in [0.717, 1.165) is 12.1 Å². The summed E-state index contributed by atoms with van der Waals surface area (Å²) in [5, 5.41) is 31.4. The average molecular weight is 309 g/mol. The number of rotatable bonds is 3. The first-order valence-electron chi connectivity index (χ1n) is 6.33. The van der Waals surface area contributed by atoms with E-state index in [1.807, 2.05) is 6.07 Å². The van der Waals surface area contributed by atoms with Crippen LogP contribution in [0.3, 0.4) is 0 Å². The molecular formula is C14H7N5O4. The van der Waals surface area contributed by atoms with Gasteiger partial charge >= 0.3 is 0 Å². The third kappa shape index (κ3) is 2.24. The number of para-hydroxylation sites is 2. The first-order chi connectivity index (χ1) is 11.0. The third-order valence-electron chi connectivity index (χ3n) is 3.27. The van der Waals surface area contributed by atoms with E-state index in [2.05, 4.69) is 4.98 Å². The Morgan fingerprint density at radius 2 is 1.83 bits per heavy atom. The van der Waals surface area contributed by atoms with Gasteiger partial charge in [-0.15, -0.1) is 0 Å². The first kappa shape index (κ1) is 14.2. The minimum atomic E-state index is -0.724. The highest BCUT2D eigenvalue weighted by atomic mass is 16.6. The molecule has 9 nitrogen and oxygen atoms in total. The Kier molecular flexibility index (Phi) is 3.19. The monoisotopic (exact) mass is 309 g/mol. The third-order valence-corrected chi connectivity index (χ3v) is 3.27. The molecule has 1 aromatic heterocycles. The highest BCUT2D eigenvalue weighted by Gasteiger charge is 2.24. The summed E-state index contributed by atoms with van der Waals surface area (Å²) in [5.74, 6) is -0.0387. The van der Waals surface area contributed by atoms with Crippen molar-refractivity contribution in [3.05, 3.63) is 68.5 Å². The summed E-state index contributed by atoms with van der Waals surface area (Å²) in [6.07, 6.45) is 0. The Labute approximate surface area is 128 Å². The molecule has 0 saturated carbocycles. The molecule has 0 atom stereocenters. The van der Waals surface area contributed by atoms with Gasteiger partial charge in [-0.25, -0.2) is 4.98 Å². The zero-order valence-electron chi connectivity index (χ0n) is 11.4. The molecule has 0 unspecified atom stereocenters. The molecule has 9 heteroatoms. The van der Waals surface area contributed by atoms with E-state index in [1.54, 1.807) is 24.3 Å². The standard InChI is InChI=1S/C14H7N5O4/c15-8-14-16-10-3-1-2-4-11(10)17(14)12-6-5-9(18(20)21)7-13(12)19(22)23/h1-7H. The number of non-ortho nitro benzene ring substituents is 1. The zero-order valence-corrected chi connectivity index (χ0v) is 11.4. The van der Waals surface area contributed by atoms with Crippen molar-refractivity contribution in [3.8, 4) is 11.8 Å². The van der Waals surface area contributed by atoms with Crippen molar-refractivity contribution in [1.29, 1.82) is 5.26 Å². The minimum absolute atomic E-state index is 0.0387. The summed E-state index contributed by atoms with van der Waals surface area (Å²) in [6.45, 7) is 0. The molecule has 2 aromatic carbocycles. The summed E-state index contributed by atoms with van der Waals surface area (Å²) in [5.41, 5.74) is 0.172. The molecule has 0 saturated heterocycles. The van der Waals surface area contributed by atoms with Gasteiger partial charge in [-0.1, -0.05) is 12.1 Å². The fourth-order valence-corrected chi connectivity index (χ4v) is 2.31. The topological polar surface area (TPSA) is 128 Å². The van der Waals surface area contributed by atoms with Gasteiger partial charge in [-0.3, -0.25) is 24.8 Å². The van der Waals surface area contributed by atoms with Crippen molar-refractivity contribution in [2.75, 3.05) is 0 Å². The Morgan fingerprint density at radius 3 is 2.48 bits per heavy atom. The molecule has 0 amide bonds. The van der Waals surface area contributed by atoms with E-state index < -0.39 is 21.2 Å². The number of nitro groups is 2. The number of nitro benzene ring substituents is 2. The molecule has 0 fully saturated rings. The summed E-state index contributed by atoms with van der Waals surface area (Å²) in [6, 6.07) is 11.9. The van der Waals surface area contributed by atoms with E-state index in [9.17, 15) is 25.5 Å². The first-order valence-corrected chi connectivity index (χ1v) is 6.33. The lowest BCUT2D eigenvalue weighted by Crippen LogP contribution is -2.03. The van der Waals surface area contributed by atoms with Gasteiger partial charge in [0.2, 0.25) is 5.82 Å². The average Bonchev–Trinajstić information content (AvgIpc) is 2.92. The Hall–Kier alpha value is -3.80. The van der Waals surface area contributed by atoms with Gasteiger partial charge in [-0.2, -0.15) is 5.26 Å². The predicted molar refractivity (Wildman–Crippen MR) is 79.1 cm³/mol. The Morgan fingerprint density at radius 1 is 1.09 bits per heavy atom. The largest absolute Gasteiger partial charge is 0.300 e. The molecule has 0 aliphatic rings. The summed E-state index contributed by atoms with van der Waals surface area (Å²) < 4.78 is 1.32. The molecule has 0 aliphatic carbocycles. The number of nitrogens with zero attached hydrogens (tertiary/aromatic N) is 5. The van der Waals surface area contributed by atoms with Crippen LogP contribution < -0.4 is 0 Å². The van der Waals surface area contributed by atoms with Crippen LogP contribution in [0.25, 0.3) is 16.7 Å². The van der Waals surface area contributed by atoms with E-state index in [0.29, 0.717) is 11.0 Å². The lowest BCUT2D eigenvalue weighted by molar-refractivity contribution is -0.394. The maximum Gasteiger partial charge on any atom is 0.300 e. The number of nitriles is 1. The van der Waals surface area contributed by atoms with E-state index in [-0.39, 0.29) is 11.5 Å². The van der Waals surface area contributed by atoms with Crippen LogP contribution in [0.2, 0.25) is 0 Å². The van der Waals surface area contributed by atoms with E-state index >= 15 is 0 Å². The highest BCUT2D eigenvalue weighted by molar-refractivity contribution is 5.80. The highest BCUT2D eigenvalue weighted by Crippen LogP contribution is 2.31. The second-order valence-electron chi connectivity index (χ2n) is 4.56. The summed E-state index contributed by atoms with van der Waals surface area (Å²) in [4.78, 5) is 24.8. The van der Waals surface area contributed by atoms with Gasteiger partial charge in [-0.05, 0) is 18.2 Å². The number of fused-ring (bicyclic) bond motifs is 1. The van der Waals surface area contributed by atoms with Gasteiger partial charge < -0.3 is 0 Å². The van der Waals surface area contributed by atoms with Crippen molar-refractivity contribution < 1.29 is 9.85 Å². The Bertz CT molecular complexity index is 1000. The van der Waals surface area contributed by atoms with Crippen molar-refractivity contribution in [2.24, 2.45) is 0 Å². The van der Waals surface area contributed by atoms with Crippen LogP contribution in [0.1, 0.15) is 5.82 Å². The van der Waals surface area contributed by atoms with Crippen LogP contribution in [-0.2, 0) is 0 Å². The van der Waals surface area contributed by atoms with Gasteiger partial charge in [0.25, 0.3) is 11.4 Å². The van der Waals surface area contributed by atoms with Gasteiger partial charge in [0.1, 0.15) is 11.8 Å². The number of aromatic nitrogens is 2. The Balaban J connectivity index is 2.37. The van der Waals surface area contributed by atoms with Crippen molar-refractivity contribution in [1.82, 2.24) is 9.55 Å². The van der Waals surface area contributed by atoms with Crippen LogP contribution in [0.5, 0.6) is 0 Å². The normalized spacial score (nSPS) is 10.4. The maximum absolute atomic E-state index is 11.3. The molecule has 0 N–H and O–H groups in total. The molecule has 3 rings (SSSR count). The molecule has 23 heavy (non-hydrogen) atoms. The molecular weight excluding hydrogens is 302 g/mol. The van der Waals surface area contributed by atoms with Crippen LogP contribution in [0.15, 0.2) is 42.5 Å². The lowest BCUT2D eigenvalue weighted by atomic mass is 10.2. The predicted octanol–water partition coefficient (Wildman–Crippen LogP) is 2.71. The number of benzene rings is 2. The number of imidazole rings is 1. The molecule has 0 spiro atoms. The second kappa shape index (κ2) is 5.19. The van der Waals surface area contributed by atoms with E-state index in [1.165, 1.54) is 10.6 Å². The van der Waals surface area contributed by atoms with Crippen molar-refractivity contribution >= 4 is 22.4 Å². The van der Waals surface area contributed by atoms with Crippen LogP contribution in [0, 0.1) is 31.6 Å². The molecule has 112 valence electrons. The van der Waals surface area contributed by atoms with Crippen LogP contribution in [-0.4, -0.2) is 19.4 Å². The summed E-state index contributed by atoms with van der Waals surface area (Å²) >= 11 is 0. The maximum atomic E-state index is 11.3. The molecule has 3 aromatic rings. The molecule has 0 bridgehead atoms.